The van der Waals surface area contributed by atoms with Crippen LogP contribution in [-0.4, -0.2) is 49.2 Å². The summed E-state index contributed by atoms with van der Waals surface area (Å²) in [4.78, 5) is 24.4. The normalized spacial score (nSPS) is 16.7. The number of fused-ring (bicyclic) bond motifs is 1. The van der Waals surface area contributed by atoms with Gasteiger partial charge in [-0.2, -0.15) is 4.98 Å². The Labute approximate surface area is 177 Å². The first-order valence-electron chi connectivity index (χ1n) is 10.3. The van der Waals surface area contributed by atoms with E-state index in [2.05, 4.69) is 46.1 Å². The van der Waals surface area contributed by atoms with Crippen molar-refractivity contribution in [3.63, 3.8) is 0 Å². The Morgan fingerprint density at radius 1 is 1.19 bits per heavy atom. The van der Waals surface area contributed by atoms with Crippen LogP contribution in [0.3, 0.4) is 0 Å². The molecule has 3 aromatic rings. The van der Waals surface area contributed by atoms with Gasteiger partial charge in [0.05, 0.1) is 12.4 Å². The van der Waals surface area contributed by atoms with Crippen LogP contribution in [0.1, 0.15) is 48.0 Å². The smallest absolute Gasteiger partial charge is 0.258 e. The predicted octanol–water partition coefficient (Wildman–Crippen LogP) is 2.69. The molecule has 0 unspecified atom stereocenters. The maximum Gasteiger partial charge on any atom is 0.258 e. The van der Waals surface area contributed by atoms with Crippen molar-refractivity contribution < 1.29 is 9.18 Å². The van der Waals surface area contributed by atoms with Gasteiger partial charge in [-0.3, -0.25) is 10.1 Å². The van der Waals surface area contributed by atoms with Crippen LogP contribution in [0.25, 0.3) is 11.3 Å². The summed E-state index contributed by atoms with van der Waals surface area (Å²) in [6.45, 7) is 2.18. The third kappa shape index (κ3) is 3.66. The lowest BCUT2D eigenvalue weighted by Crippen LogP contribution is -2.50. The molecule has 1 aliphatic heterocycles. The number of nitrogens with zero attached hydrogens (tertiary/aromatic N) is 6. The van der Waals surface area contributed by atoms with E-state index in [9.17, 15) is 9.18 Å². The number of aromatic nitrogens is 6. The van der Waals surface area contributed by atoms with Crippen molar-refractivity contribution in [2.75, 3.05) is 16.9 Å². The number of nitrogens with one attached hydrogen (secondary N) is 3. The van der Waals surface area contributed by atoms with Gasteiger partial charge in [0.2, 0.25) is 11.9 Å². The second kappa shape index (κ2) is 7.89. The molecule has 2 aliphatic rings. The Hall–Kier alpha value is -3.63. The van der Waals surface area contributed by atoms with Crippen molar-refractivity contribution in [3.05, 3.63) is 35.1 Å². The van der Waals surface area contributed by atoms with Crippen molar-refractivity contribution in [2.24, 2.45) is 0 Å². The molecule has 1 aromatic carbocycles. The number of carbonyl (C=O) groups is 1. The highest BCUT2D eigenvalue weighted by atomic mass is 19.1. The van der Waals surface area contributed by atoms with Gasteiger partial charge in [-0.25, -0.2) is 14.5 Å². The molecule has 10 nitrogen and oxygen atoms in total. The van der Waals surface area contributed by atoms with E-state index in [0.29, 0.717) is 34.9 Å². The monoisotopic (exact) mass is 423 g/mol. The van der Waals surface area contributed by atoms with Crippen LogP contribution in [0.2, 0.25) is 0 Å². The molecule has 160 valence electrons. The number of halogens is 1. The van der Waals surface area contributed by atoms with Crippen molar-refractivity contribution in [1.82, 2.24) is 35.9 Å². The Bertz CT molecular complexity index is 1110. The van der Waals surface area contributed by atoms with E-state index in [4.69, 9.17) is 0 Å². The third-order valence-electron chi connectivity index (χ3n) is 5.83. The molecule has 0 spiro atoms. The lowest BCUT2D eigenvalue weighted by atomic mass is 9.93. The first-order valence-corrected chi connectivity index (χ1v) is 10.3. The number of aromatic amines is 1. The summed E-state index contributed by atoms with van der Waals surface area (Å²) in [6.07, 6.45) is 5.60. The van der Waals surface area contributed by atoms with Crippen LogP contribution in [0, 0.1) is 12.7 Å². The van der Waals surface area contributed by atoms with Gasteiger partial charge < -0.3 is 10.2 Å². The van der Waals surface area contributed by atoms with E-state index in [1.807, 2.05) is 0 Å². The van der Waals surface area contributed by atoms with Gasteiger partial charge in [-0.05, 0) is 54.0 Å². The number of anilines is 3. The van der Waals surface area contributed by atoms with Crippen LogP contribution in [0.5, 0.6) is 0 Å². The SMILES string of the molecule is Cc1cc(F)ccc1-c1nc(Nc2nnn[nH]2)nc2c1C(=O)NCN2C1CCCCC1. The fourth-order valence-electron chi connectivity index (χ4n) is 4.34. The largest absolute Gasteiger partial charge is 0.335 e. The minimum Gasteiger partial charge on any atom is -0.335 e. The summed E-state index contributed by atoms with van der Waals surface area (Å²) in [5, 5.41) is 19.5. The van der Waals surface area contributed by atoms with E-state index in [0.717, 1.165) is 25.7 Å². The highest BCUT2D eigenvalue weighted by Gasteiger charge is 2.34. The summed E-state index contributed by atoms with van der Waals surface area (Å²) < 4.78 is 13.8. The molecule has 1 fully saturated rings. The summed E-state index contributed by atoms with van der Waals surface area (Å²) in [5.41, 5.74) is 2.18. The first-order chi connectivity index (χ1) is 15.1. The molecule has 2 aromatic heterocycles. The molecule has 31 heavy (non-hydrogen) atoms. The Morgan fingerprint density at radius 2 is 2.03 bits per heavy atom. The lowest BCUT2D eigenvalue weighted by molar-refractivity contribution is 0.0945. The number of tetrazole rings is 1. The predicted molar refractivity (Wildman–Crippen MR) is 111 cm³/mol. The molecule has 0 atom stereocenters. The summed E-state index contributed by atoms with van der Waals surface area (Å²) >= 11 is 0. The molecule has 0 saturated heterocycles. The Morgan fingerprint density at radius 3 is 2.77 bits per heavy atom. The van der Waals surface area contributed by atoms with Crippen LogP contribution in [0.4, 0.5) is 22.1 Å². The van der Waals surface area contributed by atoms with Crippen LogP contribution in [0.15, 0.2) is 18.2 Å². The average Bonchev–Trinajstić information content (AvgIpc) is 3.27. The van der Waals surface area contributed by atoms with Crippen molar-refractivity contribution >= 4 is 23.6 Å². The van der Waals surface area contributed by atoms with Gasteiger partial charge in [0.15, 0.2) is 0 Å². The van der Waals surface area contributed by atoms with Gasteiger partial charge in [-0.15, -0.1) is 0 Å². The molecule has 3 heterocycles. The molecule has 1 saturated carbocycles. The van der Waals surface area contributed by atoms with Crippen LogP contribution in [-0.2, 0) is 0 Å². The van der Waals surface area contributed by atoms with E-state index in [1.165, 1.54) is 18.6 Å². The zero-order valence-corrected chi connectivity index (χ0v) is 17.0. The van der Waals surface area contributed by atoms with E-state index < -0.39 is 0 Å². The average molecular weight is 423 g/mol. The second-order valence-corrected chi connectivity index (χ2v) is 7.85. The molecule has 0 radical (unpaired) electrons. The number of H-pyrrole nitrogens is 1. The lowest BCUT2D eigenvalue weighted by Gasteiger charge is -2.39. The molecule has 5 rings (SSSR count). The van der Waals surface area contributed by atoms with Crippen molar-refractivity contribution in [1.29, 1.82) is 0 Å². The van der Waals surface area contributed by atoms with Gasteiger partial charge in [0.1, 0.15) is 17.2 Å². The number of amides is 1. The molecule has 0 bridgehead atoms. The van der Waals surface area contributed by atoms with Gasteiger partial charge in [-0.1, -0.05) is 24.4 Å². The maximum atomic E-state index is 13.8. The van der Waals surface area contributed by atoms with Crippen molar-refractivity contribution in [2.45, 2.75) is 45.1 Å². The standard InChI is InChI=1S/C20H22FN9O/c1-11-9-12(21)7-8-14(11)16-15-17(24-19(23-16)25-20-26-28-29-27-20)30(10-22-18(15)31)13-5-3-2-4-6-13/h7-9,13H,2-6,10H2,1H3,(H,22,31)(H2,23,24,25,26,27,28,29). The number of hydrogen-bond acceptors (Lipinski definition) is 8. The van der Waals surface area contributed by atoms with E-state index in [-0.39, 0.29) is 29.7 Å². The topological polar surface area (TPSA) is 125 Å². The fraction of sp³-hybridized carbons (Fsp3) is 0.400. The number of hydrogen-bond donors (Lipinski definition) is 3. The van der Waals surface area contributed by atoms with Crippen molar-refractivity contribution in [3.8, 4) is 11.3 Å². The second-order valence-electron chi connectivity index (χ2n) is 7.85. The number of carbonyl (C=O) groups excluding carboxylic acids is 1. The van der Waals surface area contributed by atoms with Crippen LogP contribution < -0.4 is 15.5 Å². The molecule has 11 heteroatoms. The number of aryl methyl sites for hydroxylation is 1. The zero-order valence-electron chi connectivity index (χ0n) is 17.0. The third-order valence-corrected chi connectivity index (χ3v) is 5.83. The van der Waals surface area contributed by atoms with E-state index >= 15 is 0 Å². The highest BCUT2D eigenvalue weighted by Crippen LogP contribution is 2.36. The minimum atomic E-state index is -0.344. The molecular weight excluding hydrogens is 401 g/mol. The van der Waals surface area contributed by atoms with Gasteiger partial charge >= 0.3 is 0 Å². The van der Waals surface area contributed by atoms with Gasteiger partial charge in [0, 0.05) is 11.6 Å². The molecule has 1 amide bonds. The molecule has 1 aliphatic carbocycles. The van der Waals surface area contributed by atoms with Gasteiger partial charge in [0.25, 0.3) is 5.91 Å². The summed E-state index contributed by atoms with van der Waals surface area (Å²) in [6, 6.07) is 4.71. The highest BCUT2D eigenvalue weighted by molar-refractivity contribution is 6.06. The van der Waals surface area contributed by atoms with Crippen LogP contribution >= 0.6 is 0 Å². The molecule has 3 N–H and O–H groups in total. The Balaban J connectivity index is 1.68. The van der Waals surface area contributed by atoms with E-state index in [1.54, 1.807) is 13.0 Å². The maximum absolute atomic E-state index is 13.8. The number of benzene rings is 1. The fourth-order valence-corrected chi connectivity index (χ4v) is 4.34. The summed E-state index contributed by atoms with van der Waals surface area (Å²) in [5.74, 6) is 0.522. The summed E-state index contributed by atoms with van der Waals surface area (Å²) in [7, 11) is 0. The quantitative estimate of drug-likeness (QED) is 0.585. The zero-order chi connectivity index (χ0) is 21.4. The first kappa shape index (κ1) is 19.3. The molecular formula is C20H22FN9O. The Kier molecular flexibility index (Phi) is 4.92. The minimum absolute atomic E-state index is 0.242. The number of rotatable bonds is 4.